The molecule has 8 aliphatic rings. The van der Waals surface area contributed by atoms with Crippen LogP contribution in [0.3, 0.4) is 0 Å². The molecule has 22 heteroatoms. The fraction of sp³-hybridized carbons (Fsp3) is 0.817. The molecule has 22 nitrogen and oxygen atoms in total. The molecule has 22 unspecified atom stereocenters. The van der Waals surface area contributed by atoms with E-state index < -0.39 is 123 Å². The maximum Gasteiger partial charge on any atom is 0.310 e. The molecular weight excluding hydrogens is 1050 g/mol. The van der Waals surface area contributed by atoms with Gasteiger partial charge in [-0.05, 0) is 134 Å². The first-order valence-corrected chi connectivity index (χ1v) is 30.4. The molecule has 5 saturated carbocycles. The summed E-state index contributed by atoms with van der Waals surface area (Å²) in [5, 5.41) is 103. The van der Waals surface area contributed by atoms with Gasteiger partial charge in [0.25, 0.3) is 0 Å². The number of nitrogens with zero attached hydrogens (tertiary/aromatic N) is 3. The molecular formula is C60H96N10O12. The van der Waals surface area contributed by atoms with Gasteiger partial charge in [-0.1, -0.05) is 59.1 Å². The van der Waals surface area contributed by atoms with E-state index in [1.165, 1.54) is 0 Å². The van der Waals surface area contributed by atoms with Crippen LogP contribution in [-0.4, -0.2) is 174 Å². The number of carboxylic acids is 1. The molecule has 10 rings (SSSR count). The van der Waals surface area contributed by atoms with Gasteiger partial charge in [0.1, 0.15) is 24.5 Å². The van der Waals surface area contributed by atoms with Crippen molar-refractivity contribution in [3.05, 3.63) is 48.1 Å². The number of ether oxygens (including phenoxy) is 2. The number of carboxylic acid groups (broad SMARTS) is 1. The van der Waals surface area contributed by atoms with E-state index in [9.17, 15) is 45.6 Å². The van der Waals surface area contributed by atoms with E-state index in [4.69, 9.17) is 20.9 Å². The highest BCUT2D eigenvalue weighted by Crippen LogP contribution is 2.79. The SMILES string of the molecule is CN=C(N)NCCNCC(CC(c1cnc[nH]1)C1NC(=O)C2(CCCC2)C1CC1C(O)C(OC2OCC(O)C(O)C2O)C(C)(CO)C2CCC3(C)C(CC=C4C5CC(C)(CO)CCC5(C(=O)O)CC(Cc5cnc[nH]5)C43C)C12C)C(N)O. The highest BCUT2D eigenvalue weighted by atomic mass is 16.7. The number of carbonyl (C=O) groups excluding carboxylic acids is 1. The maximum atomic E-state index is 15.3. The number of fused-ring (bicyclic) bond motifs is 7. The van der Waals surface area contributed by atoms with Gasteiger partial charge >= 0.3 is 5.97 Å². The third-order valence-corrected chi connectivity index (χ3v) is 24.3. The average Bonchev–Trinajstić information content (AvgIpc) is 2.13. The van der Waals surface area contributed by atoms with E-state index in [2.05, 4.69) is 74.6 Å². The Morgan fingerprint density at radius 3 is 2.30 bits per heavy atom. The molecule has 0 aromatic carbocycles. The molecule has 4 heterocycles. The Hall–Kier alpha value is -4.07. The fourth-order valence-electron chi connectivity index (χ4n) is 19.6. The number of H-pyrrole nitrogens is 2. The zero-order valence-electron chi connectivity index (χ0n) is 49.0. The normalized spacial score (nSPS) is 43.6. The number of aromatic amines is 2. The Kier molecular flexibility index (Phi) is 17.1. The topological polar surface area (TPSA) is 372 Å². The van der Waals surface area contributed by atoms with Crippen molar-refractivity contribution < 1.29 is 59.9 Å². The molecule has 22 atom stereocenters. The smallest absolute Gasteiger partial charge is 0.310 e. The second-order valence-electron chi connectivity index (χ2n) is 28.0. The molecule has 2 aromatic rings. The molecule has 82 heavy (non-hydrogen) atoms. The molecule has 7 fully saturated rings. The monoisotopic (exact) mass is 1150 g/mol. The van der Waals surface area contributed by atoms with Crippen molar-refractivity contribution in [2.24, 2.45) is 95.8 Å². The number of nitrogens with two attached hydrogens (primary N) is 2. The number of aromatic nitrogens is 4. The summed E-state index contributed by atoms with van der Waals surface area (Å²) in [5.41, 5.74) is 9.58. The molecule has 0 radical (unpaired) electrons. The third kappa shape index (κ3) is 9.77. The predicted octanol–water partition coefficient (Wildman–Crippen LogP) is 2.01. The largest absolute Gasteiger partial charge is 0.481 e. The van der Waals surface area contributed by atoms with E-state index in [-0.39, 0.29) is 42.8 Å². The zero-order chi connectivity index (χ0) is 59.0. The number of nitrogens with one attached hydrogen (secondary N) is 5. The summed E-state index contributed by atoms with van der Waals surface area (Å²) >= 11 is 0. The Morgan fingerprint density at radius 2 is 1.66 bits per heavy atom. The van der Waals surface area contributed by atoms with Crippen molar-refractivity contribution >= 4 is 17.8 Å². The minimum atomic E-state index is -1.68. The number of aliphatic carboxylic acids is 1. The van der Waals surface area contributed by atoms with Crippen molar-refractivity contribution in [3.8, 4) is 0 Å². The number of aliphatic imine (C=N–C) groups is 1. The number of carbonyl (C=O) groups is 2. The van der Waals surface area contributed by atoms with Gasteiger partial charge < -0.3 is 87.7 Å². The lowest BCUT2D eigenvalue weighted by atomic mass is 9.30. The van der Waals surface area contributed by atoms with Crippen LogP contribution in [0.25, 0.3) is 0 Å². The van der Waals surface area contributed by atoms with E-state index in [1.807, 2.05) is 13.1 Å². The van der Waals surface area contributed by atoms with Gasteiger partial charge in [0, 0.05) is 80.4 Å². The lowest BCUT2D eigenvalue weighted by Crippen LogP contribution is -2.73. The van der Waals surface area contributed by atoms with Crippen molar-refractivity contribution in [2.75, 3.05) is 46.5 Å². The van der Waals surface area contributed by atoms with Gasteiger partial charge in [-0.2, -0.15) is 0 Å². The summed E-state index contributed by atoms with van der Waals surface area (Å²) in [6, 6.07) is -0.534. The van der Waals surface area contributed by atoms with Crippen LogP contribution in [0.4, 0.5) is 0 Å². The van der Waals surface area contributed by atoms with Crippen LogP contribution in [-0.2, 0) is 25.5 Å². The van der Waals surface area contributed by atoms with Crippen molar-refractivity contribution in [2.45, 2.75) is 180 Å². The van der Waals surface area contributed by atoms with E-state index in [1.54, 1.807) is 25.9 Å². The van der Waals surface area contributed by atoms with Crippen molar-refractivity contribution in [1.29, 1.82) is 0 Å². The van der Waals surface area contributed by atoms with Gasteiger partial charge in [0.2, 0.25) is 5.91 Å². The number of guanidine groups is 1. The minimum absolute atomic E-state index is 0.0547. The van der Waals surface area contributed by atoms with Crippen molar-refractivity contribution in [1.82, 2.24) is 35.9 Å². The van der Waals surface area contributed by atoms with E-state index >= 15 is 4.79 Å². The summed E-state index contributed by atoms with van der Waals surface area (Å²) < 4.78 is 12.8. The van der Waals surface area contributed by atoms with E-state index in [0.717, 1.165) is 29.8 Å². The molecule has 1 spiro atoms. The van der Waals surface area contributed by atoms with Gasteiger partial charge in [-0.15, -0.1) is 0 Å². The average molecular weight is 1150 g/mol. The van der Waals surface area contributed by atoms with Crippen LogP contribution in [0.1, 0.15) is 135 Å². The van der Waals surface area contributed by atoms with Crippen molar-refractivity contribution in [3.63, 3.8) is 0 Å². The first-order chi connectivity index (χ1) is 38.9. The van der Waals surface area contributed by atoms with Crippen LogP contribution in [0, 0.1) is 79.3 Å². The van der Waals surface area contributed by atoms with Crippen LogP contribution in [0.15, 0.2) is 41.7 Å². The second-order valence-corrected chi connectivity index (χ2v) is 28.0. The number of allylic oxidation sites excluding steroid dienone is 2. The zero-order valence-corrected chi connectivity index (χ0v) is 49.0. The molecule has 2 aliphatic heterocycles. The minimum Gasteiger partial charge on any atom is -0.481 e. The van der Waals surface area contributed by atoms with E-state index in [0.29, 0.717) is 103 Å². The lowest BCUT2D eigenvalue weighted by molar-refractivity contribution is -0.341. The van der Waals surface area contributed by atoms with Gasteiger partial charge in [-0.25, -0.2) is 9.97 Å². The number of hydrogen-bond acceptors (Lipinski definition) is 16. The number of amides is 1. The fourth-order valence-corrected chi connectivity index (χ4v) is 19.6. The highest BCUT2D eigenvalue weighted by Gasteiger charge is 2.75. The highest BCUT2D eigenvalue weighted by molar-refractivity contribution is 5.86. The van der Waals surface area contributed by atoms with Crippen LogP contribution in [0.2, 0.25) is 0 Å². The van der Waals surface area contributed by atoms with Crippen LogP contribution >= 0.6 is 0 Å². The molecule has 2 saturated heterocycles. The molecule has 458 valence electrons. The third-order valence-electron chi connectivity index (χ3n) is 24.3. The first-order valence-electron chi connectivity index (χ1n) is 30.4. The molecule has 2 aromatic heterocycles. The standard InChI is InChI=1S/C60H96N10O12/c1-54(28-71)15-16-60(52(79)80)22-33(20-34-25-65-30-68-34)58(5)36(39(60)23-54)9-10-43-56(58,3)14-11-42-55(2,29-72)48(82-50-47(76)46(75)41(73)27-81-50)45(74)38(57(42,43)4)21-37-44(70-51(78)59(37)12-7-8-13-59)35(40-26-66-31-69-40)19-32(49(61)77)24-64-17-18-67-53(62)63-6/h9,25-26,30-33,35,37-39,41-50,64,71-77H,7-8,10-24,27-29,61H2,1-6H3,(H,65,68)(H,66,69)(H,70,78)(H,79,80)(H3,62,63,67). The molecule has 6 aliphatic carbocycles. The number of hydrogen-bond donors (Lipinski definition) is 15. The predicted molar refractivity (Wildman–Crippen MR) is 303 cm³/mol. The number of aliphatic hydroxyl groups excluding tert-OH is 7. The Labute approximate surface area is 481 Å². The van der Waals surface area contributed by atoms with Gasteiger partial charge in [0.15, 0.2) is 12.2 Å². The number of imidazole rings is 2. The molecule has 1 amide bonds. The summed E-state index contributed by atoms with van der Waals surface area (Å²) in [6.07, 6.45) is 7.26. The molecule has 0 bridgehead atoms. The Morgan fingerprint density at radius 1 is 0.927 bits per heavy atom. The molecule has 17 N–H and O–H groups in total. The summed E-state index contributed by atoms with van der Waals surface area (Å²) in [5.74, 6) is -3.59. The first kappa shape index (κ1) is 61.0. The second kappa shape index (κ2) is 23.0. The quantitative estimate of drug-likeness (QED) is 0.0239. The number of rotatable bonds is 19. The Bertz CT molecular complexity index is 2620. The maximum absolute atomic E-state index is 15.3. The van der Waals surface area contributed by atoms with Gasteiger partial charge in [0.05, 0.1) is 48.9 Å². The Balaban J connectivity index is 1.12. The summed E-state index contributed by atoms with van der Waals surface area (Å²) in [4.78, 5) is 49.0. The summed E-state index contributed by atoms with van der Waals surface area (Å²) in [6.45, 7) is 11.6. The van der Waals surface area contributed by atoms with Gasteiger partial charge in [-0.3, -0.25) is 14.6 Å². The van der Waals surface area contributed by atoms with Crippen LogP contribution < -0.4 is 27.4 Å². The van der Waals surface area contributed by atoms with Crippen LogP contribution in [0.5, 0.6) is 0 Å². The summed E-state index contributed by atoms with van der Waals surface area (Å²) in [7, 11) is 1.60. The number of aliphatic hydroxyl groups is 7. The lowest BCUT2D eigenvalue weighted by Gasteiger charge is -2.74.